The zero-order chi connectivity index (χ0) is 30.2. The van der Waals surface area contributed by atoms with Crippen LogP contribution in [0.4, 0.5) is 0 Å². The van der Waals surface area contributed by atoms with Crippen molar-refractivity contribution < 1.29 is 20.1 Å². The predicted molar refractivity (Wildman–Crippen MR) is 176 cm³/mol. The van der Waals surface area contributed by atoms with Crippen LogP contribution in [-0.2, 0) is 4.79 Å². The van der Waals surface area contributed by atoms with Gasteiger partial charge in [0.2, 0.25) is 5.91 Å². The molecule has 0 radical (unpaired) electrons. The SMILES string of the molecule is CCCCCCCCCCCCCCCCCCCCC(=O)N[C@@H](CO)[C@H](O)[C@H](O)CCCCCCCCCCC. The van der Waals surface area contributed by atoms with Gasteiger partial charge in [-0.2, -0.15) is 0 Å². The van der Waals surface area contributed by atoms with Crippen molar-refractivity contribution in [3.63, 3.8) is 0 Å². The number of rotatable bonds is 33. The van der Waals surface area contributed by atoms with E-state index in [-0.39, 0.29) is 12.5 Å². The highest BCUT2D eigenvalue weighted by Gasteiger charge is 2.26. The van der Waals surface area contributed by atoms with Crippen molar-refractivity contribution in [3.05, 3.63) is 0 Å². The van der Waals surface area contributed by atoms with Gasteiger partial charge in [-0.05, 0) is 12.8 Å². The fourth-order valence-corrected chi connectivity index (χ4v) is 5.81. The zero-order valence-electron chi connectivity index (χ0n) is 27.7. The highest BCUT2D eigenvalue weighted by molar-refractivity contribution is 5.76. The fraction of sp³-hybridized carbons (Fsp3) is 0.972. The van der Waals surface area contributed by atoms with E-state index >= 15 is 0 Å². The number of hydrogen-bond donors (Lipinski definition) is 4. The van der Waals surface area contributed by atoms with Crippen LogP contribution in [0.25, 0.3) is 0 Å². The quantitative estimate of drug-likeness (QED) is 0.0579. The second-order valence-corrected chi connectivity index (χ2v) is 12.8. The van der Waals surface area contributed by atoms with Crippen molar-refractivity contribution in [2.75, 3.05) is 6.61 Å². The molecule has 4 N–H and O–H groups in total. The molecule has 5 nitrogen and oxygen atoms in total. The largest absolute Gasteiger partial charge is 0.394 e. The molecule has 0 spiro atoms. The Bertz CT molecular complexity index is 530. The molecule has 0 aliphatic carbocycles. The Morgan fingerprint density at radius 2 is 0.829 bits per heavy atom. The number of unbranched alkanes of at least 4 members (excludes halogenated alkanes) is 25. The van der Waals surface area contributed by atoms with Crippen molar-refractivity contribution in [2.45, 2.75) is 218 Å². The van der Waals surface area contributed by atoms with Crippen molar-refractivity contribution in [1.29, 1.82) is 0 Å². The molecular formula is C36H73NO4. The fourth-order valence-electron chi connectivity index (χ4n) is 5.81. The van der Waals surface area contributed by atoms with Gasteiger partial charge >= 0.3 is 0 Å². The molecule has 0 aromatic rings. The summed E-state index contributed by atoms with van der Waals surface area (Å²) in [6.07, 6.45) is 33.4. The molecule has 246 valence electrons. The molecular weight excluding hydrogens is 510 g/mol. The summed E-state index contributed by atoms with van der Waals surface area (Å²) in [4.78, 5) is 12.3. The van der Waals surface area contributed by atoms with Crippen molar-refractivity contribution >= 4 is 5.91 Å². The lowest BCUT2D eigenvalue weighted by molar-refractivity contribution is -0.124. The second-order valence-electron chi connectivity index (χ2n) is 12.8. The normalized spacial score (nSPS) is 13.8. The van der Waals surface area contributed by atoms with Gasteiger partial charge in [0.25, 0.3) is 0 Å². The van der Waals surface area contributed by atoms with E-state index in [1.54, 1.807) is 0 Å². The first-order valence-corrected chi connectivity index (χ1v) is 18.3. The summed E-state index contributed by atoms with van der Waals surface area (Å²) in [5, 5.41) is 33.2. The second kappa shape index (κ2) is 32.3. The molecule has 0 saturated heterocycles. The third-order valence-electron chi connectivity index (χ3n) is 8.71. The van der Waals surface area contributed by atoms with Gasteiger partial charge < -0.3 is 20.6 Å². The van der Waals surface area contributed by atoms with Gasteiger partial charge in [0.15, 0.2) is 0 Å². The van der Waals surface area contributed by atoms with Crippen LogP contribution in [0.1, 0.15) is 200 Å². The Balaban J connectivity index is 3.61. The number of hydrogen-bond acceptors (Lipinski definition) is 4. The van der Waals surface area contributed by atoms with Crippen LogP contribution in [0, 0.1) is 0 Å². The van der Waals surface area contributed by atoms with E-state index in [9.17, 15) is 20.1 Å². The van der Waals surface area contributed by atoms with Crippen LogP contribution in [0.5, 0.6) is 0 Å². The third-order valence-corrected chi connectivity index (χ3v) is 8.71. The van der Waals surface area contributed by atoms with Gasteiger partial charge in [0.05, 0.1) is 18.8 Å². The zero-order valence-corrected chi connectivity index (χ0v) is 27.7. The molecule has 0 unspecified atom stereocenters. The number of carbonyl (C=O) groups excluding carboxylic acids is 1. The Morgan fingerprint density at radius 1 is 0.512 bits per heavy atom. The first kappa shape index (κ1) is 40.4. The summed E-state index contributed by atoms with van der Waals surface area (Å²) in [5.41, 5.74) is 0. The summed E-state index contributed by atoms with van der Waals surface area (Å²) < 4.78 is 0. The highest BCUT2D eigenvalue weighted by atomic mass is 16.3. The molecule has 3 atom stereocenters. The summed E-state index contributed by atoms with van der Waals surface area (Å²) >= 11 is 0. The van der Waals surface area contributed by atoms with Gasteiger partial charge in [-0.3, -0.25) is 4.79 Å². The smallest absolute Gasteiger partial charge is 0.220 e. The van der Waals surface area contributed by atoms with E-state index < -0.39 is 18.2 Å². The Kier molecular flexibility index (Phi) is 31.8. The van der Waals surface area contributed by atoms with E-state index in [2.05, 4.69) is 19.2 Å². The molecule has 0 aromatic heterocycles. The number of amides is 1. The molecule has 0 saturated carbocycles. The Hall–Kier alpha value is -0.650. The minimum Gasteiger partial charge on any atom is -0.394 e. The maximum atomic E-state index is 12.3. The molecule has 0 rings (SSSR count). The maximum Gasteiger partial charge on any atom is 0.220 e. The highest BCUT2D eigenvalue weighted by Crippen LogP contribution is 2.16. The summed E-state index contributed by atoms with van der Waals surface area (Å²) in [7, 11) is 0. The molecule has 1 amide bonds. The molecule has 0 bridgehead atoms. The minimum absolute atomic E-state index is 0.144. The summed E-state index contributed by atoms with van der Waals surface area (Å²) in [6.45, 7) is 4.15. The molecule has 0 aromatic carbocycles. The van der Waals surface area contributed by atoms with Crippen molar-refractivity contribution in [2.24, 2.45) is 0 Å². The van der Waals surface area contributed by atoms with Gasteiger partial charge in [-0.1, -0.05) is 181 Å². The van der Waals surface area contributed by atoms with Gasteiger partial charge in [0, 0.05) is 6.42 Å². The lowest BCUT2D eigenvalue weighted by Gasteiger charge is -2.26. The minimum atomic E-state index is -1.13. The molecule has 0 heterocycles. The van der Waals surface area contributed by atoms with Crippen LogP contribution in [0.15, 0.2) is 0 Å². The molecule has 0 aliphatic rings. The van der Waals surface area contributed by atoms with Gasteiger partial charge in [-0.15, -0.1) is 0 Å². The van der Waals surface area contributed by atoms with E-state index in [0.717, 1.165) is 38.5 Å². The number of aliphatic hydroxyl groups is 3. The maximum absolute atomic E-state index is 12.3. The first-order valence-electron chi connectivity index (χ1n) is 18.3. The average Bonchev–Trinajstić information content (AvgIpc) is 2.97. The number of nitrogens with one attached hydrogen (secondary N) is 1. The number of carbonyl (C=O) groups is 1. The number of aliphatic hydroxyl groups excluding tert-OH is 3. The van der Waals surface area contributed by atoms with E-state index in [1.165, 1.54) is 135 Å². The first-order chi connectivity index (χ1) is 20.1. The van der Waals surface area contributed by atoms with E-state index in [4.69, 9.17) is 0 Å². The monoisotopic (exact) mass is 584 g/mol. The predicted octanol–water partition coefficient (Wildman–Crippen LogP) is 9.54. The summed E-state index contributed by atoms with van der Waals surface area (Å²) in [5.74, 6) is -0.144. The van der Waals surface area contributed by atoms with Crippen LogP contribution >= 0.6 is 0 Å². The standard InChI is InChI=1S/C36H73NO4/c1-3-5-7-9-11-13-14-15-16-17-18-19-20-21-23-25-27-29-31-35(40)37-33(32-38)36(41)34(39)30-28-26-24-22-12-10-8-6-4-2/h33-34,36,38-39,41H,3-32H2,1-2H3,(H,37,40)/t33-,34+,36-/m0/s1. The van der Waals surface area contributed by atoms with Crippen LogP contribution in [-0.4, -0.2) is 46.1 Å². The topological polar surface area (TPSA) is 89.8 Å². The Morgan fingerprint density at radius 3 is 1.17 bits per heavy atom. The lowest BCUT2D eigenvalue weighted by atomic mass is 9.99. The van der Waals surface area contributed by atoms with Crippen LogP contribution in [0.3, 0.4) is 0 Å². The van der Waals surface area contributed by atoms with E-state index in [1.807, 2.05) is 0 Å². The molecule has 5 heteroatoms. The molecule has 0 fully saturated rings. The summed E-state index contributed by atoms with van der Waals surface area (Å²) in [6, 6.07) is -0.799. The average molecular weight is 584 g/mol. The van der Waals surface area contributed by atoms with Gasteiger partial charge in [-0.25, -0.2) is 0 Å². The van der Waals surface area contributed by atoms with E-state index in [0.29, 0.717) is 12.8 Å². The Labute approximate surface area is 256 Å². The lowest BCUT2D eigenvalue weighted by Crippen LogP contribution is -2.50. The van der Waals surface area contributed by atoms with Crippen molar-refractivity contribution in [3.8, 4) is 0 Å². The van der Waals surface area contributed by atoms with Crippen LogP contribution < -0.4 is 5.32 Å². The van der Waals surface area contributed by atoms with Crippen LogP contribution in [0.2, 0.25) is 0 Å². The van der Waals surface area contributed by atoms with Gasteiger partial charge in [0.1, 0.15) is 6.10 Å². The molecule has 41 heavy (non-hydrogen) atoms. The van der Waals surface area contributed by atoms with Crippen molar-refractivity contribution in [1.82, 2.24) is 5.32 Å². The third kappa shape index (κ3) is 27.9. The molecule has 0 aliphatic heterocycles.